The van der Waals surface area contributed by atoms with Gasteiger partial charge in [0.1, 0.15) is 18.2 Å². The van der Waals surface area contributed by atoms with Crippen LogP contribution in [0.15, 0.2) is 24.3 Å². The molecular formula is C14H16N2O3. The topological polar surface area (TPSA) is 64.3 Å². The third-order valence-electron chi connectivity index (χ3n) is 3.07. The maximum Gasteiger partial charge on any atom is 0.356 e. The number of aromatic nitrogens is 2. The smallest absolute Gasteiger partial charge is 0.356 e. The Labute approximate surface area is 111 Å². The molecule has 5 heteroatoms. The highest BCUT2D eigenvalue weighted by Gasteiger charge is 2.16. The molecule has 0 bridgehead atoms. The van der Waals surface area contributed by atoms with Crippen LogP contribution in [0.4, 0.5) is 0 Å². The predicted molar refractivity (Wildman–Crippen MR) is 70.4 cm³/mol. The minimum Gasteiger partial charge on any atom is -0.486 e. The van der Waals surface area contributed by atoms with Crippen molar-refractivity contribution in [2.75, 3.05) is 0 Å². The van der Waals surface area contributed by atoms with Gasteiger partial charge in [0.25, 0.3) is 0 Å². The van der Waals surface area contributed by atoms with Crippen LogP contribution < -0.4 is 4.74 Å². The van der Waals surface area contributed by atoms with E-state index in [1.54, 1.807) is 18.5 Å². The van der Waals surface area contributed by atoms with Gasteiger partial charge >= 0.3 is 5.97 Å². The fourth-order valence-electron chi connectivity index (χ4n) is 1.75. The van der Waals surface area contributed by atoms with E-state index >= 15 is 0 Å². The van der Waals surface area contributed by atoms with Gasteiger partial charge < -0.3 is 14.4 Å². The number of aryl methyl sites for hydroxylation is 1. The molecule has 0 saturated heterocycles. The first-order chi connectivity index (χ1) is 8.99. The van der Waals surface area contributed by atoms with Crippen LogP contribution in [-0.4, -0.2) is 20.6 Å². The molecule has 2 aromatic rings. The molecule has 1 heterocycles. The zero-order valence-electron chi connectivity index (χ0n) is 11.2. The molecule has 0 amide bonds. The van der Waals surface area contributed by atoms with Gasteiger partial charge in [0.05, 0.1) is 0 Å². The lowest BCUT2D eigenvalue weighted by atomic mass is 10.2. The molecule has 1 aromatic carbocycles. The molecule has 5 nitrogen and oxygen atoms in total. The van der Waals surface area contributed by atoms with Crippen LogP contribution in [-0.2, 0) is 13.7 Å². The predicted octanol–water partition coefficient (Wildman–Crippen LogP) is 2.31. The van der Waals surface area contributed by atoms with Crippen molar-refractivity contribution < 1.29 is 14.6 Å². The van der Waals surface area contributed by atoms with Crippen LogP contribution >= 0.6 is 0 Å². The van der Waals surface area contributed by atoms with Gasteiger partial charge in [0.2, 0.25) is 0 Å². The molecular weight excluding hydrogens is 244 g/mol. The highest BCUT2D eigenvalue weighted by molar-refractivity contribution is 5.86. The summed E-state index contributed by atoms with van der Waals surface area (Å²) in [6.45, 7) is 3.98. The Bertz CT molecular complexity index is 600. The van der Waals surface area contributed by atoms with E-state index in [1.165, 1.54) is 0 Å². The maximum absolute atomic E-state index is 11.0. The van der Waals surface area contributed by atoms with Gasteiger partial charge in [-0.3, -0.25) is 0 Å². The summed E-state index contributed by atoms with van der Waals surface area (Å²) in [5.41, 5.74) is 1.85. The number of ether oxygens (including phenoxy) is 1. The second-order valence-corrected chi connectivity index (χ2v) is 4.43. The van der Waals surface area contributed by atoms with E-state index in [-0.39, 0.29) is 12.3 Å². The van der Waals surface area contributed by atoms with Crippen molar-refractivity contribution in [2.24, 2.45) is 7.05 Å². The van der Waals surface area contributed by atoms with Gasteiger partial charge in [-0.2, -0.15) is 0 Å². The molecule has 0 aliphatic heterocycles. The second kappa shape index (κ2) is 5.14. The summed E-state index contributed by atoms with van der Waals surface area (Å²) < 4.78 is 7.33. The average Bonchev–Trinajstić information content (AvgIpc) is 2.66. The second-order valence-electron chi connectivity index (χ2n) is 4.43. The number of nitrogens with zero attached hydrogens (tertiary/aromatic N) is 2. The van der Waals surface area contributed by atoms with Crippen molar-refractivity contribution in [1.82, 2.24) is 9.55 Å². The van der Waals surface area contributed by atoms with Gasteiger partial charge in [-0.25, -0.2) is 9.78 Å². The van der Waals surface area contributed by atoms with Crippen molar-refractivity contribution in [3.8, 4) is 5.75 Å². The number of hydrogen-bond acceptors (Lipinski definition) is 3. The molecule has 100 valence electrons. The Morgan fingerprint density at radius 3 is 2.47 bits per heavy atom. The molecule has 0 fully saturated rings. The third-order valence-corrected chi connectivity index (χ3v) is 3.07. The quantitative estimate of drug-likeness (QED) is 0.916. The number of benzene rings is 1. The molecule has 0 radical (unpaired) electrons. The molecule has 1 N–H and O–H groups in total. The Morgan fingerprint density at radius 2 is 1.95 bits per heavy atom. The summed E-state index contributed by atoms with van der Waals surface area (Å²) in [6.07, 6.45) is 0. The summed E-state index contributed by atoms with van der Waals surface area (Å²) in [5, 5.41) is 9.00. The minimum absolute atomic E-state index is 0.0741. The number of carbonyl (C=O) groups is 1. The van der Waals surface area contributed by atoms with Crippen LogP contribution in [0.3, 0.4) is 0 Å². The number of carboxylic acid groups (broad SMARTS) is 1. The van der Waals surface area contributed by atoms with Crippen LogP contribution in [0.1, 0.15) is 27.6 Å². The highest BCUT2D eigenvalue weighted by Crippen LogP contribution is 2.15. The fourth-order valence-corrected chi connectivity index (χ4v) is 1.75. The van der Waals surface area contributed by atoms with Gasteiger partial charge in [-0.15, -0.1) is 0 Å². The van der Waals surface area contributed by atoms with E-state index < -0.39 is 5.97 Å². The molecule has 1 aromatic heterocycles. The van der Waals surface area contributed by atoms with E-state index in [1.807, 2.05) is 31.2 Å². The summed E-state index contributed by atoms with van der Waals surface area (Å²) in [6, 6.07) is 7.68. The van der Waals surface area contributed by atoms with E-state index in [0.717, 1.165) is 11.3 Å². The van der Waals surface area contributed by atoms with Crippen molar-refractivity contribution in [2.45, 2.75) is 20.5 Å². The largest absolute Gasteiger partial charge is 0.486 e. The Kier molecular flexibility index (Phi) is 3.55. The van der Waals surface area contributed by atoms with Gasteiger partial charge in [-0.1, -0.05) is 17.7 Å². The van der Waals surface area contributed by atoms with Crippen LogP contribution in [0.25, 0.3) is 0 Å². The SMILES string of the molecule is Cc1ccc(OCc2nc(C(=O)O)c(C)n2C)cc1. The number of hydrogen-bond donors (Lipinski definition) is 1. The fraction of sp³-hybridized carbons (Fsp3) is 0.286. The minimum atomic E-state index is -1.02. The first kappa shape index (κ1) is 13.1. The number of imidazole rings is 1. The molecule has 19 heavy (non-hydrogen) atoms. The molecule has 0 spiro atoms. The Morgan fingerprint density at radius 1 is 1.32 bits per heavy atom. The number of carboxylic acids is 1. The average molecular weight is 260 g/mol. The molecule has 0 saturated carbocycles. The van der Waals surface area contributed by atoms with E-state index in [4.69, 9.17) is 9.84 Å². The number of aromatic carboxylic acids is 1. The van der Waals surface area contributed by atoms with Crippen molar-refractivity contribution in [3.63, 3.8) is 0 Å². The van der Waals surface area contributed by atoms with Crippen LogP contribution in [0, 0.1) is 13.8 Å². The maximum atomic E-state index is 11.0. The van der Waals surface area contributed by atoms with E-state index in [9.17, 15) is 4.79 Å². The first-order valence-corrected chi connectivity index (χ1v) is 5.94. The lowest BCUT2D eigenvalue weighted by Crippen LogP contribution is -2.04. The zero-order chi connectivity index (χ0) is 14.0. The number of rotatable bonds is 4. The first-order valence-electron chi connectivity index (χ1n) is 5.94. The molecule has 0 unspecified atom stereocenters. The standard InChI is InChI=1S/C14H16N2O3/c1-9-4-6-11(7-5-9)19-8-12-15-13(14(17)18)10(2)16(12)3/h4-7H,8H2,1-3H3,(H,17,18). The monoisotopic (exact) mass is 260 g/mol. The van der Waals surface area contributed by atoms with Crippen LogP contribution in [0.5, 0.6) is 5.75 Å². The lowest BCUT2D eigenvalue weighted by molar-refractivity contribution is 0.0690. The summed E-state index contributed by atoms with van der Waals surface area (Å²) in [7, 11) is 1.78. The molecule has 0 atom stereocenters. The van der Waals surface area contributed by atoms with Crippen LogP contribution in [0.2, 0.25) is 0 Å². The van der Waals surface area contributed by atoms with E-state index in [2.05, 4.69) is 4.98 Å². The summed E-state index contributed by atoms with van der Waals surface area (Å²) in [5.74, 6) is 0.313. The van der Waals surface area contributed by atoms with Crippen molar-refractivity contribution in [3.05, 3.63) is 47.0 Å². The zero-order valence-corrected chi connectivity index (χ0v) is 11.2. The van der Waals surface area contributed by atoms with Gasteiger partial charge in [-0.05, 0) is 26.0 Å². The van der Waals surface area contributed by atoms with E-state index in [0.29, 0.717) is 11.5 Å². The Hall–Kier alpha value is -2.30. The Balaban J connectivity index is 2.13. The normalized spacial score (nSPS) is 10.5. The van der Waals surface area contributed by atoms with Gasteiger partial charge in [0, 0.05) is 12.7 Å². The highest BCUT2D eigenvalue weighted by atomic mass is 16.5. The molecule has 0 aliphatic carbocycles. The molecule has 2 rings (SSSR count). The third kappa shape index (κ3) is 2.76. The van der Waals surface area contributed by atoms with Gasteiger partial charge in [0.15, 0.2) is 5.69 Å². The summed E-state index contributed by atoms with van der Waals surface area (Å²) >= 11 is 0. The van der Waals surface area contributed by atoms with Crippen molar-refractivity contribution in [1.29, 1.82) is 0 Å². The van der Waals surface area contributed by atoms with Crippen molar-refractivity contribution >= 4 is 5.97 Å². The summed E-state index contributed by atoms with van der Waals surface area (Å²) in [4.78, 5) is 15.1. The lowest BCUT2D eigenvalue weighted by Gasteiger charge is -2.06. The molecule has 0 aliphatic rings.